The number of rotatable bonds is 6. The van der Waals surface area contributed by atoms with E-state index in [1.54, 1.807) is 17.0 Å². The molecule has 1 saturated heterocycles. The quantitative estimate of drug-likeness (QED) is 0.659. The molecule has 1 aliphatic heterocycles. The molecule has 0 radical (unpaired) electrons. The van der Waals surface area contributed by atoms with Gasteiger partial charge in [0.25, 0.3) is 0 Å². The number of fused-ring (bicyclic) bond motifs is 1. The predicted octanol–water partition coefficient (Wildman–Crippen LogP) is 3.46. The first kappa shape index (κ1) is 22.4. The van der Waals surface area contributed by atoms with Crippen molar-refractivity contribution in [2.45, 2.75) is 56.7 Å². The number of likely N-dealkylation sites (tertiary alicyclic amines) is 1. The lowest BCUT2D eigenvalue weighted by molar-refractivity contribution is -0.274. The van der Waals surface area contributed by atoms with Crippen LogP contribution >= 0.6 is 0 Å². The van der Waals surface area contributed by atoms with Crippen LogP contribution in [0.4, 0.5) is 22.8 Å². The number of urea groups is 2. The molecule has 1 aromatic heterocycles. The van der Waals surface area contributed by atoms with E-state index in [0.29, 0.717) is 29.5 Å². The number of primary amides is 1. The number of amides is 4. The van der Waals surface area contributed by atoms with Crippen molar-refractivity contribution < 1.29 is 32.0 Å². The molecule has 12 heteroatoms. The van der Waals surface area contributed by atoms with Crippen LogP contribution in [0.5, 0.6) is 5.75 Å². The maximum atomic E-state index is 13.0. The van der Waals surface area contributed by atoms with E-state index in [-0.39, 0.29) is 36.5 Å². The number of hydrogen-bond donors (Lipinski definition) is 2. The molecular weight excluding hydrogens is 455 g/mol. The summed E-state index contributed by atoms with van der Waals surface area (Å²) in [5.41, 5.74) is 6.23. The van der Waals surface area contributed by atoms with Crippen LogP contribution in [0.3, 0.4) is 0 Å². The van der Waals surface area contributed by atoms with Crippen LogP contribution in [0.25, 0.3) is 11.3 Å². The Kier molecular flexibility index (Phi) is 5.53. The van der Waals surface area contributed by atoms with Crippen molar-refractivity contribution >= 4 is 12.1 Å². The van der Waals surface area contributed by atoms with Crippen molar-refractivity contribution in [2.24, 2.45) is 11.7 Å². The van der Waals surface area contributed by atoms with Gasteiger partial charge in [-0.2, -0.15) is 0 Å². The minimum atomic E-state index is -4.79. The largest absolute Gasteiger partial charge is 0.573 e. The normalized spacial score (nSPS) is 23.7. The number of carbonyl (C=O) groups is 2. The summed E-state index contributed by atoms with van der Waals surface area (Å²) in [4.78, 5) is 28.3. The molecule has 0 bridgehead atoms. The molecule has 2 unspecified atom stereocenters. The number of piperidine rings is 1. The molecule has 2 aromatic rings. The van der Waals surface area contributed by atoms with E-state index in [4.69, 9.17) is 10.3 Å². The Hall–Kier alpha value is -3.44. The van der Waals surface area contributed by atoms with Gasteiger partial charge >= 0.3 is 18.4 Å². The summed E-state index contributed by atoms with van der Waals surface area (Å²) in [5, 5.41) is 6.74. The van der Waals surface area contributed by atoms with Gasteiger partial charge in [-0.3, -0.25) is 0 Å². The molecule has 3 aliphatic rings. The van der Waals surface area contributed by atoms with Gasteiger partial charge in [-0.1, -0.05) is 17.3 Å². The monoisotopic (exact) mass is 479 g/mol. The molecule has 9 nitrogen and oxygen atoms in total. The van der Waals surface area contributed by atoms with Crippen LogP contribution in [-0.2, 0) is 6.54 Å². The zero-order valence-electron chi connectivity index (χ0n) is 18.1. The minimum Gasteiger partial charge on any atom is -0.406 e. The zero-order chi connectivity index (χ0) is 24.0. The Morgan fingerprint density at radius 2 is 2.03 bits per heavy atom. The molecule has 2 aliphatic carbocycles. The third-order valence-electron chi connectivity index (χ3n) is 6.46. The van der Waals surface area contributed by atoms with E-state index in [1.165, 1.54) is 18.2 Å². The standard InChI is InChI=1S/C22H24F3N5O4/c23-22(24,25)33-16-3-1-2-12(7-16)18-9-17(34-28-18)10-27-21(32)30(14-4-5-14)15-6-13-8-19(13)29(11-15)20(26)31/h1-3,7,9,13-15,19H,4-6,8,10-11H2,(H2,26,31)(H,27,32)/t13?,15-,19?/m1/s1. The molecule has 1 aromatic carbocycles. The fourth-order valence-corrected chi connectivity index (χ4v) is 4.73. The fourth-order valence-electron chi connectivity index (χ4n) is 4.73. The number of nitrogens with zero attached hydrogens (tertiary/aromatic N) is 3. The predicted molar refractivity (Wildman–Crippen MR) is 112 cm³/mol. The van der Waals surface area contributed by atoms with E-state index < -0.39 is 12.4 Å². The molecule has 3 fully saturated rings. The number of aromatic nitrogens is 1. The highest BCUT2D eigenvalue weighted by Gasteiger charge is 2.52. The van der Waals surface area contributed by atoms with Gasteiger partial charge in [-0.15, -0.1) is 13.2 Å². The zero-order valence-corrected chi connectivity index (χ0v) is 18.1. The van der Waals surface area contributed by atoms with E-state index in [9.17, 15) is 22.8 Å². The van der Waals surface area contributed by atoms with Gasteiger partial charge in [0.1, 0.15) is 11.4 Å². The van der Waals surface area contributed by atoms with Crippen molar-refractivity contribution in [1.82, 2.24) is 20.3 Å². The number of benzene rings is 1. The van der Waals surface area contributed by atoms with E-state index in [1.807, 2.05) is 4.90 Å². The number of alkyl halides is 3. The first-order valence-electron chi connectivity index (χ1n) is 11.1. The topological polar surface area (TPSA) is 114 Å². The fraction of sp³-hybridized carbons (Fsp3) is 0.500. The Morgan fingerprint density at radius 1 is 1.24 bits per heavy atom. The second-order valence-corrected chi connectivity index (χ2v) is 8.99. The van der Waals surface area contributed by atoms with Crippen molar-refractivity contribution in [3.8, 4) is 17.0 Å². The highest BCUT2D eigenvalue weighted by Crippen LogP contribution is 2.45. The van der Waals surface area contributed by atoms with Crippen molar-refractivity contribution in [3.63, 3.8) is 0 Å². The third kappa shape index (κ3) is 4.90. The van der Waals surface area contributed by atoms with E-state index in [2.05, 4.69) is 15.2 Å². The van der Waals surface area contributed by atoms with Crippen molar-refractivity contribution in [1.29, 1.82) is 0 Å². The third-order valence-corrected chi connectivity index (χ3v) is 6.46. The number of hydrogen-bond acceptors (Lipinski definition) is 5. The molecule has 4 amide bonds. The Morgan fingerprint density at radius 3 is 2.74 bits per heavy atom. The molecular formula is C22H24F3N5O4. The molecule has 182 valence electrons. The van der Waals surface area contributed by atoms with Crippen LogP contribution < -0.4 is 15.8 Å². The number of carbonyl (C=O) groups excluding carboxylic acids is 2. The first-order chi connectivity index (χ1) is 16.2. The SMILES string of the molecule is NC(=O)N1C[C@H](N(C(=O)NCc2cc(-c3cccc(OC(F)(F)F)c3)no2)C2CC2)CC2CC21. The maximum Gasteiger partial charge on any atom is 0.573 e. The van der Waals surface area contributed by atoms with E-state index >= 15 is 0 Å². The smallest absolute Gasteiger partial charge is 0.406 e. The van der Waals surface area contributed by atoms with Crippen molar-refractivity contribution in [3.05, 3.63) is 36.1 Å². The Balaban J connectivity index is 1.22. The summed E-state index contributed by atoms with van der Waals surface area (Å²) in [7, 11) is 0. The lowest BCUT2D eigenvalue weighted by atomic mass is 10.0. The maximum absolute atomic E-state index is 13.0. The van der Waals surface area contributed by atoms with Crippen LogP contribution in [0.2, 0.25) is 0 Å². The summed E-state index contributed by atoms with van der Waals surface area (Å²) >= 11 is 0. The highest BCUT2D eigenvalue weighted by atomic mass is 19.4. The van der Waals surface area contributed by atoms with Crippen LogP contribution in [0.15, 0.2) is 34.9 Å². The summed E-state index contributed by atoms with van der Waals surface area (Å²) in [6.07, 6.45) is -1.19. The summed E-state index contributed by atoms with van der Waals surface area (Å²) in [6, 6.07) is 6.49. The van der Waals surface area contributed by atoms with Gasteiger partial charge in [-0.25, -0.2) is 9.59 Å². The Bertz CT molecular complexity index is 1090. The van der Waals surface area contributed by atoms with Gasteiger partial charge in [0.2, 0.25) is 0 Å². The lowest BCUT2D eigenvalue weighted by Crippen LogP contribution is -2.56. The van der Waals surface area contributed by atoms with Gasteiger partial charge in [-0.05, 0) is 43.7 Å². The second kappa shape index (κ2) is 8.41. The average molecular weight is 479 g/mol. The molecule has 5 rings (SSSR count). The van der Waals surface area contributed by atoms with Crippen LogP contribution in [0.1, 0.15) is 31.4 Å². The summed E-state index contributed by atoms with van der Waals surface area (Å²) in [6.45, 7) is 0.495. The molecule has 2 heterocycles. The van der Waals surface area contributed by atoms with Gasteiger partial charge in [0, 0.05) is 30.3 Å². The number of halogens is 3. The number of nitrogens with one attached hydrogen (secondary N) is 1. The molecule has 2 saturated carbocycles. The van der Waals surface area contributed by atoms with Crippen molar-refractivity contribution in [2.75, 3.05) is 6.54 Å². The van der Waals surface area contributed by atoms with Crippen LogP contribution in [0, 0.1) is 5.92 Å². The first-order valence-corrected chi connectivity index (χ1v) is 11.1. The minimum absolute atomic E-state index is 0.0616. The van der Waals surface area contributed by atoms with Gasteiger partial charge < -0.3 is 30.1 Å². The van der Waals surface area contributed by atoms with Gasteiger partial charge in [0.05, 0.1) is 12.6 Å². The molecule has 3 N–H and O–H groups in total. The summed E-state index contributed by atoms with van der Waals surface area (Å²) in [5.74, 6) is 0.374. The summed E-state index contributed by atoms with van der Waals surface area (Å²) < 4.78 is 46.6. The number of nitrogens with two attached hydrogens (primary N) is 1. The average Bonchev–Trinajstić information content (AvgIpc) is 3.69. The Labute approximate surface area is 193 Å². The van der Waals surface area contributed by atoms with Gasteiger partial charge in [0.15, 0.2) is 5.76 Å². The molecule has 34 heavy (non-hydrogen) atoms. The highest BCUT2D eigenvalue weighted by molar-refractivity contribution is 5.76. The molecule has 0 spiro atoms. The molecule has 3 atom stereocenters. The van der Waals surface area contributed by atoms with E-state index in [0.717, 1.165) is 25.7 Å². The van der Waals surface area contributed by atoms with Crippen LogP contribution in [-0.4, -0.2) is 58.1 Å². The second-order valence-electron chi connectivity index (χ2n) is 8.99. The lowest BCUT2D eigenvalue weighted by Gasteiger charge is -2.38. The number of ether oxygens (including phenoxy) is 1.